The van der Waals surface area contributed by atoms with Gasteiger partial charge in [0.15, 0.2) is 6.10 Å². The highest BCUT2D eigenvalue weighted by molar-refractivity contribution is 7.13. The molecule has 1 N–H and O–H groups in total. The van der Waals surface area contributed by atoms with Crippen LogP contribution in [0.2, 0.25) is 0 Å². The Morgan fingerprint density at radius 3 is 2.75 bits per heavy atom. The number of thiazole rings is 1. The lowest BCUT2D eigenvalue weighted by Crippen LogP contribution is -2.45. The molecule has 0 saturated carbocycles. The minimum Gasteiger partial charge on any atom is -0.479 e. The number of benzene rings is 2. The summed E-state index contributed by atoms with van der Waals surface area (Å²) >= 11 is 1.57. The third-order valence-electron chi connectivity index (χ3n) is 4.48. The second-order valence-electron chi connectivity index (χ2n) is 6.43. The van der Waals surface area contributed by atoms with E-state index in [1.807, 2.05) is 53.9 Å². The van der Waals surface area contributed by atoms with Crippen LogP contribution in [-0.2, 0) is 9.59 Å². The van der Waals surface area contributed by atoms with Crippen molar-refractivity contribution in [2.45, 2.75) is 19.4 Å². The van der Waals surface area contributed by atoms with Crippen molar-refractivity contribution in [3.8, 4) is 16.3 Å². The number of para-hydroxylation sites is 2. The maximum atomic E-state index is 12.5. The third kappa shape index (κ3) is 3.75. The number of hydrogen-bond donors (Lipinski definition) is 1. The summed E-state index contributed by atoms with van der Waals surface area (Å²) in [5.41, 5.74) is 2.43. The Morgan fingerprint density at radius 2 is 2.00 bits per heavy atom. The number of nitrogens with zero attached hydrogens (tertiary/aromatic N) is 2. The first kappa shape index (κ1) is 18.2. The molecule has 1 aliphatic rings. The summed E-state index contributed by atoms with van der Waals surface area (Å²) in [7, 11) is 0. The molecule has 0 spiro atoms. The van der Waals surface area contributed by atoms with Crippen molar-refractivity contribution in [1.82, 2.24) is 4.98 Å². The summed E-state index contributed by atoms with van der Waals surface area (Å²) in [5, 5.41) is 5.75. The number of amides is 2. The lowest BCUT2D eigenvalue weighted by molar-refractivity contribution is -0.125. The highest BCUT2D eigenvalue weighted by atomic mass is 32.1. The number of carbonyl (C=O) groups is 2. The van der Waals surface area contributed by atoms with E-state index in [9.17, 15) is 9.59 Å². The van der Waals surface area contributed by atoms with Crippen molar-refractivity contribution in [1.29, 1.82) is 0 Å². The molecule has 3 aromatic rings. The lowest BCUT2D eigenvalue weighted by atomic mass is 10.1. The molecule has 0 bridgehead atoms. The van der Waals surface area contributed by atoms with Crippen LogP contribution in [0.15, 0.2) is 60.1 Å². The molecule has 1 unspecified atom stereocenters. The number of rotatable bonds is 5. The van der Waals surface area contributed by atoms with Gasteiger partial charge in [-0.1, -0.05) is 12.1 Å². The molecular formula is C21H19N3O3S. The Labute approximate surface area is 166 Å². The molecule has 1 atom stereocenters. The first-order chi connectivity index (χ1) is 13.6. The molecule has 7 heteroatoms. The van der Waals surface area contributed by atoms with Crippen molar-refractivity contribution in [2.75, 3.05) is 16.8 Å². The van der Waals surface area contributed by atoms with Crippen molar-refractivity contribution in [3.63, 3.8) is 0 Å². The van der Waals surface area contributed by atoms with E-state index in [1.165, 1.54) is 0 Å². The van der Waals surface area contributed by atoms with Crippen LogP contribution in [0.1, 0.15) is 13.3 Å². The largest absolute Gasteiger partial charge is 0.479 e. The summed E-state index contributed by atoms with van der Waals surface area (Å²) in [5.74, 6) is 0.374. The first-order valence-corrected chi connectivity index (χ1v) is 9.86. The van der Waals surface area contributed by atoms with Crippen LogP contribution in [-0.4, -0.2) is 29.4 Å². The summed E-state index contributed by atoms with van der Waals surface area (Å²) in [4.78, 5) is 30.7. The minimum absolute atomic E-state index is 0.140. The Bertz CT molecular complexity index is 986. The molecule has 4 rings (SSSR count). The molecule has 28 heavy (non-hydrogen) atoms. The lowest BCUT2D eigenvalue weighted by Gasteiger charge is -2.32. The summed E-state index contributed by atoms with van der Waals surface area (Å²) in [6, 6.07) is 14.9. The zero-order valence-corrected chi connectivity index (χ0v) is 16.1. The van der Waals surface area contributed by atoms with Gasteiger partial charge in [-0.15, -0.1) is 11.3 Å². The number of fused-ring (bicyclic) bond motifs is 1. The third-order valence-corrected chi connectivity index (χ3v) is 5.31. The van der Waals surface area contributed by atoms with Crippen LogP contribution >= 0.6 is 11.3 Å². The molecule has 0 aliphatic carbocycles. The molecule has 2 amide bonds. The molecule has 2 heterocycles. The number of anilines is 2. The molecule has 6 nitrogen and oxygen atoms in total. The van der Waals surface area contributed by atoms with Gasteiger partial charge in [-0.05, 0) is 43.3 Å². The molecule has 1 aromatic heterocycles. The van der Waals surface area contributed by atoms with Gasteiger partial charge in [0.1, 0.15) is 10.8 Å². The average Bonchev–Trinajstić information content (AvgIpc) is 3.24. The predicted octanol–water partition coefficient (Wildman–Crippen LogP) is 3.95. The highest BCUT2D eigenvalue weighted by Crippen LogP contribution is 2.33. The fourth-order valence-electron chi connectivity index (χ4n) is 3.09. The molecule has 0 fully saturated rings. The van der Waals surface area contributed by atoms with E-state index < -0.39 is 6.10 Å². The number of ether oxygens (including phenoxy) is 1. The fraction of sp³-hybridized carbons (Fsp3) is 0.190. The molecule has 142 valence electrons. The van der Waals surface area contributed by atoms with Gasteiger partial charge < -0.3 is 15.0 Å². The molecule has 0 radical (unpaired) electrons. The van der Waals surface area contributed by atoms with E-state index in [0.717, 1.165) is 10.6 Å². The van der Waals surface area contributed by atoms with Crippen molar-refractivity contribution >= 4 is 34.5 Å². The number of hydrogen-bond acceptors (Lipinski definition) is 5. The van der Waals surface area contributed by atoms with E-state index in [1.54, 1.807) is 29.4 Å². The topological polar surface area (TPSA) is 71.5 Å². The Balaban J connectivity index is 1.39. The maximum Gasteiger partial charge on any atom is 0.267 e. The Hall–Kier alpha value is -3.19. The first-order valence-electron chi connectivity index (χ1n) is 8.98. The summed E-state index contributed by atoms with van der Waals surface area (Å²) < 4.78 is 5.62. The van der Waals surface area contributed by atoms with E-state index in [0.29, 0.717) is 23.7 Å². The van der Waals surface area contributed by atoms with E-state index in [2.05, 4.69) is 10.3 Å². The van der Waals surface area contributed by atoms with Crippen LogP contribution < -0.4 is 15.0 Å². The zero-order valence-electron chi connectivity index (χ0n) is 15.3. The maximum absolute atomic E-state index is 12.5. The zero-order chi connectivity index (χ0) is 19.5. The molecule has 2 aromatic carbocycles. The SMILES string of the molecule is CC1Oc2ccccc2N(CCC(=O)Nc2ccc(-c3nccs3)cc2)C1=O. The van der Waals surface area contributed by atoms with Crippen LogP contribution in [0, 0.1) is 0 Å². The minimum atomic E-state index is -0.559. The molecule has 0 saturated heterocycles. The highest BCUT2D eigenvalue weighted by Gasteiger charge is 2.31. The van der Waals surface area contributed by atoms with Crippen LogP contribution in [0.3, 0.4) is 0 Å². The van der Waals surface area contributed by atoms with Gasteiger partial charge in [-0.3, -0.25) is 9.59 Å². The fourth-order valence-corrected chi connectivity index (χ4v) is 3.73. The number of aromatic nitrogens is 1. The van der Waals surface area contributed by atoms with E-state index >= 15 is 0 Å². The van der Waals surface area contributed by atoms with Crippen molar-refractivity contribution in [2.24, 2.45) is 0 Å². The smallest absolute Gasteiger partial charge is 0.267 e. The van der Waals surface area contributed by atoms with E-state index in [-0.39, 0.29) is 18.2 Å². The molecular weight excluding hydrogens is 374 g/mol. The standard InChI is InChI=1S/C21H19N3O3S/c1-14-21(26)24(17-4-2-3-5-18(17)27-14)12-10-19(25)23-16-8-6-15(7-9-16)20-22-11-13-28-20/h2-9,11,13-14H,10,12H2,1H3,(H,23,25). The summed E-state index contributed by atoms with van der Waals surface area (Å²) in [6.07, 6.45) is 1.40. The van der Waals surface area contributed by atoms with Crippen molar-refractivity contribution < 1.29 is 14.3 Å². The van der Waals surface area contributed by atoms with Crippen molar-refractivity contribution in [3.05, 3.63) is 60.1 Å². The monoisotopic (exact) mass is 393 g/mol. The normalized spacial score (nSPS) is 15.7. The van der Waals surface area contributed by atoms with Gasteiger partial charge in [0.25, 0.3) is 5.91 Å². The van der Waals surface area contributed by atoms with Crippen LogP contribution in [0.4, 0.5) is 11.4 Å². The Morgan fingerprint density at radius 1 is 1.21 bits per heavy atom. The predicted molar refractivity (Wildman–Crippen MR) is 110 cm³/mol. The van der Waals surface area contributed by atoms with Gasteiger partial charge in [0, 0.05) is 35.8 Å². The van der Waals surface area contributed by atoms with Gasteiger partial charge in [-0.2, -0.15) is 0 Å². The molecule has 1 aliphatic heterocycles. The van der Waals surface area contributed by atoms with Crippen LogP contribution in [0.5, 0.6) is 5.75 Å². The second-order valence-corrected chi connectivity index (χ2v) is 7.33. The van der Waals surface area contributed by atoms with Gasteiger partial charge in [0.05, 0.1) is 5.69 Å². The van der Waals surface area contributed by atoms with Gasteiger partial charge >= 0.3 is 0 Å². The van der Waals surface area contributed by atoms with Gasteiger partial charge in [-0.25, -0.2) is 4.98 Å². The average molecular weight is 393 g/mol. The van der Waals surface area contributed by atoms with E-state index in [4.69, 9.17) is 4.74 Å². The van der Waals surface area contributed by atoms with Crippen LogP contribution in [0.25, 0.3) is 10.6 Å². The Kier molecular flexibility index (Phi) is 5.08. The summed E-state index contributed by atoms with van der Waals surface area (Å²) in [6.45, 7) is 2.02. The second kappa shape index (κ2) is 7.82. The number of carbonyl (C=O) groups excluding carboxylic acids is 2. The van der Waals surface area contributed by atoms with Gasteiger partial charge in [0.2, 0.25) is 5.91 Å². The number of nitrogens with one attached hydrogen (secondary N) is 1. The quantitative estimate of drug-likeness (QED) is 0.712.